The molecular formula is C30H25NO4. The maximum atomic E-state index is 13.5. The van der Waals surface area contributed by atoms with Gasteiger partial charge in [0.2, 0.25) is 5.91 Å². The first-order valence-corrected chi connectivity index (χ1v) is 11.6. The third-order valence-electron chi connectivity index (χ3n) is 6.94. The maximum Gasteiger partial charge on any atom is 0.308 e. The maximum absolute atomic E-state index is 13.5. The minimum atomic E-state index is -0.988. The Morgan fingerprint density at radius 1 is 0.714 bits per heavy atom. The van der Waals surface area contributed by atoms with E-state index in [2.05, 4.69) is 5.32 Å². The summed E-state index contributed by atoms with van der Waals surface area (Å²) in [6, 6.07) is 26.5. The largest absolute Gasteiger partial charge is 0.481 e. The average molecular weight is 464 g/mol. The molecule has 0 saturated heterocycles. The molecule has 2 bridgehead atoms. The molecule has 5 rings (SSSR count). The van der Waals surface area contributed by atoms with Gasteiger partial charge in [-0.3, -0.25) is 14.4 Å². The monoisotopic (exact) mass is 463 g/mol. The summed E-state index contributed by atoms with van der Waals surface area (Å²) in [5, 5.41) is 13.1. The van der Waals surface area contributed by atoms with E-state index in [1.807, 2.05) is 72.8 Å². The van der Waals surface area contributed by atoms with Crippen molar-refractivity contribution in [3.63, 3.8) is 0 Å². The fourth-order valence-corrected chi connectivity index (χ4v) is 5.46. The summed E-state index contributed by atoms with van der Waals surface area (Å²) in [5.41, 5.74) is 4.90. The van der Waals surface area contributed by atoms with Gasteiger partial charge in [-0.05, 0) is 41.3 Å². The molecule has 35 heavy (non-hydrogen) atoms. The van der Waals surface area contributed by atoms with Crippen LogP contribution in [0.15, 0.2) is 103 Å². The number of benzene rings is 3. The van der Waals surface area contributed by atoms with Gasteiger partial charge in [0, 0.05) is 23.1 Å². The zero-order valence-electron chi connectivity index (χ0n) is 19.2. The van der Waals surface area contributed by atoms with E-state index in [1.54, 1.807) is 24.3 Å². The van der Waals surface area contributed by atoms with Crippen molar-refractivity contribution in [2.45, 2.75) is 6.92 Å². The van der Waals surface area contributed by atoms with E-state index in [-0.39, 0.29) is 23.5 Å². The van der Waals surface area contributed by atoms with Crippen LogP contribution in [-0.2, 0) is 9.59 Å². The zero-order chi connectivity index (χ0) is 24.5. The molecule has 4 atom stereocenters. The molecule has 0 spiro atoms. The Morgan fingerprint density at radius 2 is 1.26 bits per heavy atom. The first-order valence-electron chi connectivity index (χ1n) is 11.6. The van der Waals surface area contributed by atoms with Crippen molar-refractivity contribution >= 4 is 28.9 Å². The number of ketones is 1. The third kappa shape index (κ3) is 4.10. The number of carboxylic acid groups (broad SMARTS) is 1. The molecule has 5 nitrogen and oxygen atoms in total. The van der Waals surface area contributed by atoms with Crippen LogP contribution in [0.25, 0.3) is 5.57 Å². The fraction of sp³-hybridized carbons (Fsp3) is 0.167. The molecule has 0 unspecified atom stereocenters. The number of carbonyl (C=O) groups is 3. The summed E-state index contributed by atoms with van der Waals surface area (Å²) in [5.74, 6) is -3.81. The second kappa shape index (κ2) is 9.18. The SMILES string of the molecule is CC(=O)c1cccc(NC(=O)[C@@H]2[C@@H](C(=O)O)[C@@H]3C=C[C@H]2C3=C(c2ccccc2)c2ccccc2)c1. The van der Waals surface area contributed by atoms with E-state index >= 15 is 0 Å². The minimum Gasteiger partial charge on any atom is -0.481 e. The molecule has 5 heteroatoms. The number of nitrogens with one attached hydrogen (secondary N) is 1. The summed E-state index contributed by atoms with van der Waals surface area (Å²) in [6.07, 6.45) is 3.91. The second-order valence-corrected chi connectivity index (χ2v) is 9.01. The van der Waals surface area contributed by atoms with Gasteiger partial charge in [-0.1, -0.05) is 84.9 Å². The van der Waals surface area contributed by atoms with E-state index in [0.29, 0.717) is 11.3 Å². The summed E-state index contributed by atoms with van der Waals surface area (Å²) < 4.78 is 0. The second-order valence-electron chi connectivity index (χ2n) is 9.01. The number of hydrogen-bond donors (Lipinski definition) is 2. The van der Waals surface area contributed by atoms with Gasteiger partial charge in [0.25, 0.3) is 0 Å². The number of Topliss-reactive ketones (excluding diaryl/α,β-unsaturated/α-hetero) is 1. The van der Waals surface area contributed by atoms with Crippen LogP contribution in [0.1, 0.15) is 28.4 Å². The summed E-state index contributed by atoms with van der Waals surface area (Å²) in [7, 11) is 0. The van der Waals surface area contributed by atoms with E-state index in [9.17, 15) is 19.5 Å². The number of rotatable bonds is 6. The number of allylic oxidation sites excluding steroid dienone is 3. The van der Waals surface area contributed by atoms with Crippen LogP contribution in [0, 0.1) is 23.7 Å². The van der Waals surface area contributed by atoms with Gasteiger partial charge in [0.1, 0.15) is 0 Å². The highest BCUT2D eigenvalue weighted by Crippen LogP contribution is 2.55. The molecule has 1 amide bonds. The van der Waals surface area contributed by atoms with Crippen molar-refractivity contribution in [3.8, 4) is 0 Å². The normalized spacial score (nSPS) is 22.1. The molecule has 0 aliphatic heterocycles. The van der Waals surface area contributed by atoms with Gasteiger partial charge < -0.3 is 10.4 Å². The number of fused-ring (bicyclic) bond motifs is 2. The van der Waals surface area contributed by atoms with Crippen LogP contribution in [-0.4, -0.2) is 22.8 Å². The molecule has 1 saturated carbocycles. The molecule has 2 aliphatic carbocycles. The van der Waals surface area contributed by atoms with Gasteiger partial charge in [0.05, 0.1) is 11.8 Å². The molecule has 3 aromatic rings. The summed E-state index contributed by atoms with van der Waals surface area (Å²) in [6.45, 7) is 1.47. The lowest BCUT2D eigenvalue weighted by molar-refractivity contribution is -0.146. The molecule has 1 fully saturated rings. The zero-order valence-corrected chi connectivity index (χ0v) is 19.2. The van der Waals surface area contributed by atoms with Gasteiger partial charge in [-0.25, -0.2) is 0 Å². The molecule has 0 heterocycles. The number of aliphatic carboxylic acids is 1. The van der Waals surface area contributed by atoms with Crippen LogP contribution in [0.3, 0.4) is 0 Å². The quantitative estimate of drug-likeness (QED) is 0.375. The first-order chi connectivity index (χ1) is 17.0. The van der Waals surface area contributed by atoms with Crippen molar-refractivity contribution in [3.05, 3.63) is 119 Å². The number of anilines is 1. The predicted octanol–water partition coefficient (Wildman–Crippen LogP) is 5.46. The Morgan fingerprint density at radius 3 is 1.80 bits per heavy atom. The molecule has 3 aromatic carbocycles. The van der Waals surface area contributed by atoms with Crippen LogP contribution in [0.5, 0.6) is 0 Å². The highest BCUT2D eigenvalue weighted by atomic mass is 16.4. The molecule has 0 aromatic heterocycles. The van der Waals surface area contributed by atoms with Crippen LogP contribution in [0.2, 0.25) is 0 Å². The van der Waals surface area contributed by atoms with Gasteiger partial charge in [0.15, 0.2) is 5.78 Å². The number of hydrogen-bond acceptors (Lipinski definition) is 3. The van der Waals surface area contributed by atoms with Crippen molar-refractivity contribution in [1.82, 2.24) is 0 Å². The lowest BCUT2D eigenvalue weighted by atomic mass is 9.82. The van der Waals surface area contributed by atoms with Crippen LogP contribution in [0.4, 0.5) is 5.69 Å². The Bertz CT molecular complexity index is 1320. The minimum absolute atomic E-state index is 0.104. The molecule has 0 radical (unpaired) electrons. The smallest absolute Gasteiger partial charge is 0.308 e. The molecule has 2 N–H and O–H groups in total. The van der Waals surface area contributed by atoms with E-state index in [1.165, 1.54) is 6.92 Å². The molecule has 2 aliphatic rings. The van der Waals surface area contributed by atoms with Crippen molar-refractivity contribution < 1.29 is 19.5 Å². The summed E-state index contributed by atoms with van der Waals surface area (Å²) in [4.78, 5) is 37.8. The fourth-order valence-electron chi connectivity index (χ4n) is 5.46. The highest BCUT2D eigenvalue weighted by molar-refractivity contribution is 6.00. The van der Waals surface area contributed by atoms with E-state index in [4.69, 9.17) is 0 Å². The molecule has 174 valence electrons. The predicted molar refractivity (Wildman–Crippen MR) is 135 cm³/mol. The average Bonchev–Trinajstić information content (AvgIpc) is 3.42. The lowest BCUT2D eigenvalue weighted by Crippen LogP contribution is -2.36. The van der Waals surface area contributed by atoms with Crippen LogP contribution >= 0.6 is 0 Å². The highest BCUT2D eigenvalue weighted by Gasteiger charge is 2.55. The summed E-state index contributed by atoms with van der Waals surface area (Å²) >= 11 is 0. The van der Waals surface area contributed by atoms with Crippen LogP contribution < -0.4 is 5.32 Å². The van der Waals surface area contributed by atoms with Crippen molar-refractivity contribution in [1.29, 1.82) is 0 Å². The molecular weight excluding hydrogens is 438 g/mol. The Kier molecular flexibility index (Phi) is 5.91. The number of carboxylic acids is 1. The number of amides is 1. The topological polar surface area (TPSA) is 83.5 Å². The third-order valence-corrected chi connectivity index (χ3v) is 6.94. The van der Waals surface area contributed by atoms with Crippen molar-refractivity contribution in [2.24, 2.45) is 23.7 Å². The van der Waals surface area contributed by atoms with Gasteiger partial charge in [-0.2, -0.15) is 0 Å². The first kappa shape index (κ1) is 22.5. The lowest BCUT2D eigenvalue weighted by Gasteiger charge is -2.23. The van der Waals surface area contributed by atoms with Gasteiger partial charge in [-0.15, -0.1) is 0 Å². The number of carbonyl (C=O) groups excluding carboxylic acids is 2. The van der Waals surface area contributed by atoms with E-state index in [0.717, 1.165) is 22.3 Å². The Balaban J connectivity index is 1.60. The van der Waals surface area contributed by atoms with Gasteiger partial charge >= 0.3 is 5.97 Å². The standard InChI is InChI=1S/C30H25NO4/c1-18(32)21-13-8-14-22(17-21)31-29(33)27-23-15-16-24(28(27)30(34)35)26(23)25(19-9-4-2-5-10-19)20-11-6-3-7-12-20/h2-17,23-24,27-28H,1H3,(H,31,33)(H,34,35)/t23-,24+,27-,28-/m0/s1. The van der Waals surface area contributed by atoms with E-state index < -0.39 is 17.8 Å². The Labute approximate surface area is 203 Å². The Hall–Kier alpha value is -4.25. The van der Waals surface area contributed by atoms with Crippen molar-refractivity contribution in [2.75, 3.05) is 5.32 Å².